The van der Waals surface area contributed by atoms with Gasteiger partial charge < -0.3 is 20.7 Å². The smallest absolute Gasteiger partial charge is 0.248 e. The summed E-state index contributed by atoms with van der Waals surface area (Å²) in [6, 6.07) is 12.0. The first-order valence-electron chi connectivity index (χ1n) is 8.19. The molecule has 0 saturated carbocycles. The fourth-order valence-electron chi connectivity index (χ4n) is 2.31. The lowest BCUT2D eigenvalue weighted by molar-refractivity contribution is -0.115. The summed E-state index contributed by atoms with van der Waals surface area (Å²) in [5.74, 6) is -0.201. The summed E-state index contributed by atoms with van der Waals surface area (Å²) in [7, 11) is 1.50. The van der Waals surface area contributed by atoms with E-state index in [1.165, 1.54) is 27.0 Å². The zero-order valence-electron chi connectivity index (χ0n) is 15.3. The van der Waals surface area contributed by atoms with Gasteiger partial charge in [0.2, 0.25) is 17.7 Å². The normalized spacial score (nSPS) is 10.3. The van der Waals surface area contributed by atoms with Crippen LogP contribution in [0.3, 0.4) is 0 Å². The van der Waals surface area contributed by atoms with E-state index >= 15 is 0 Å². The van der Waals surface area contributed by atoms with Gasteiger partial charge in [-0.1, -0.05) is 12.1 Å². The molecule has 0 atom stereocenters. The first kappa shape index (κ1) is 19.7. The van der Waals surface area contributed by atoms with Gasteiger partial charge in [-0.15, -0.1) is 0 Å². The van der Waals surface area contributed by atoms with Crippen LogP contribution in [0.4, 0.5) is 17.1 Å². The summed E-state index contributed by atoms with van der Waals surface area (Å²) in [5.41, 5.74) is 2.50. The number of benzene rings is 2. The summed E-state index contributed by atoms with van der Waals surface area (Å²) in [5, 5.41) is 8.05. The van der Waals surface area contributed by atoms with Crippen molar-refractivity contribution in [3.8, 4) is 5.75 Å². The largest absolute Gasteiger partial charge is 0.495 e. The summed E-state index contributed by atoms with van der Waals surface area (Å²) >= 11 is 0. The van der Waals surface area contributed by atoms with E-state index in [9.17, 15) is 14.4 Å². The molecule has 0 bridgehead atoms. The maximum absolute atomic E-state index is 12.1. The molecule has 0 fully saturated rings. The molecular formula is C20H21N3O4. The van der Waals surface area contributed by atoms with E-state index in [-0.39, 0.29) is 17.7 Å². The van der Waals surface area contributed by atoms with Crippen molar-refractivity contribution in [2.75, 3.05) is 23.1 Å². The highest BCUT2D eigenvalue weighted by Gasteiger charge is 2.07. The molecule has 3 N–H and O–H groups in total. The van der Waals surface area contributed by atoms with Crippen LogP contribution in [0.2, 0.25) is 0 Å². The highest BCUT2D eigenvalue weighted by Crippen LogP contribution is 2.27. The van der Waals surface area contributed by atoms with Gasteiger partial charge in [0.15, 0.2) is 0 Å². The van der Waals surface area contributed by atoms with Crippen molar-refractivity contribution < 1.29 is 19.1 Å². The molecule has 3 amide bonds. The first-order valence-corrected chi connectivity index (χ1v) is 8.19. The second kappa shape index (κ2) is 9.19. The minimum absolute atomic E-state index is 0.143. The molecule has 0 aliphatic rings. The van der Waals surface area contributed by atoms with Crippen molar-refractivity contribution in [2.24, 2.45) is 0 Å². The van der Waals surface area contributed by atoms with E-state index in [2.05, 4.69) is 16.0 Å². The van der Waals surface area contributed by atoms with E-state index in [0.29, 0.717) is 22.8 Å². The molecule has 7 heteroatoms. The standard InChI is InChI=1S/C20H21N3O4/c1-13(24)21-16-7-4-15(5-8-16)6-11-20(26)23-17-9-10-19(27-3)18(12-17)22-14(2)25/h4-12H,1-3H3,(H,21,24)(H,22,25)(H,23,26)/b11-6+. The van der Waals surface area contributed by atoms with Crippen LogP contribution in [-0.4, -0.2) is 24.8 Å². The van der Waals surface area contributed by atoms with Crippen molar-refractivity contribution in [3.05, 3.63) is 54.1 Å². The number of carbonyl (C=O) groups is 3. The summed E-state index contributed by atoms with van der Waals surface area (Å²) in [4.78, 5) is 34.4. The molecular weight excluding hydrogens is 346 g/mol. The third-order valence-electron chi connectivity index (χ3n) is 3.44. The highest BCUT2D eigenvalue weighted by molar-refractivity contribution is 6.02. The first-order chi connectivity index (χ1) is 12.9. The number of rotatable bonds is 6. The molecule has 2 rings (SSSR count). The molecule has 0 saturated heterocycles. The monoisotopic (exact) mass is 367 g/mol. The maximum Gasteiger partial charge on any atom is 0.248 e. The topological polar surface area (TPSA) is 96.5 Å². The summed E-state index contributed by atoms with van der Waals surface area (Å²) in [6.45, 7) is 2.83. The van der Waals surface area contributed by atoms with Crippen molar-refractivity contribution in [1.82, 2.24) is 0 Å². The van der Waals surface area contributed by atoms with Crippen LogP contribution in [0.25, 0.3) is 6.08 Å². The van der Waals surface area contributed by atoms with Gasteiger partial charge in [0.1, 0.15) is 5.75 Å². The van der Waals surface area contributed by atoms with Crippen molar-refractivity contribution >= 4 is 40.9 Å². The Morgan fingerprint density at radius 1 is 0.852 bits per heavy atom. The SMILES string of the molecule is COc1ccc(NC(=O)/C=C/c2ccc(NC(C)=O)cc2)cc1NC(C)=O. The number of hydrogen-bond acceptors (Lipinski definition) is 4. The van der Waals surface area contributed by atoms with Gasteiger partial charge in [0.25, 0.3) is 0 Å². The number of methoxy groups -OCH3 is 1. The molecule has 140 valence electrons. The van der Waals surface area contributed by atoms with Crippen LogP contribution in [0, 0.1) is 0 Å². The lowest BCUT2D eigenvalue weighted by Gasteiger charge is -2.11. The Bertz CT molecular complexity index is 873. The Balaban J connectivity index is 2.03. The zero-order chi connectivity index (χ0) is 19.8. The van der Waals surface area contributed by atoms with E-state index in [4.69, 9.17) is 4.74 Å². The number of anilines is 3. The van der Waals surface area contributed by atoms with Gasteiger partial charge in [-0.2, -0.15) is 0 Å². The minimum atomic E-state index is -0.320. The number of carbonyl (C=O) groups excluding carboxylic acids is 3. The van der Waals surface area contributed by atoms with E-state index in [1.54, 1.807) is 48.5 Å². The Morgan fingerprint density at radius 2 is 1.48 bits per heavy atom. The highest BCUT2D eigenvalue weighted by atomic mass is 16.5. The fourth-order valence-corrected chi connectivity index (χ4v) is 2.31. The van der Waals surface area contributed by atoms with E-state index in [1.807, 2.05) is 0 Å². The number of nitrogens with one attached hydrogen (secondary N) is 3. The molecule has 0 spiro atoms. The molecule has 7 nitrogen and oxygen atoms in total. The molecule has 0 unspecified atom stereocenters. The fraction of sp³-hybridized carbons (Fsp3) is 0.150. The van der Waals surface area contributed by atoms with Gasteiger partial charge in [0, 0.05) is 31.3 Å². The van der Waals surface area contributed by atoms with Crippen molar-refractivity contribution in [2.45, 2.75) is 13.8 Å². The average Bonchev–Trinajstić information content (AvgIpc) is 2.60. The number of amides is 3. The lowest BCUT2D eigenvalue weighted by atomic mass is 10.2. The van der Waals surface area contributed by atoms with Crippen molar-refractivity contribution in [3.63, 3.8) is 0 Å². The van der Waals surface area contributed by atoms with Gasteiger partial charge in [-0.3, -0.25) is 14.4 Å². The summed E-state index contributed by atoms with van der Waals surface area (Å²) < 4.78 is 5.18. The van der Waals surface area contributed by atoms with Crippen LogP contribution < -0.4 is 20.7 Å². The van der Waals surface area contributed by atoms with E-state index < -0.39 is 0 Å². The second-order valence-electron chi connectivity index (χ2n) is 5.72. The molecule has 0 radical (unpaired) electrons. The third kappa shape index (κ3) is 6.32. The van der Waals surface area contributed by atoms with Gasteiger partial charge in [-0.25, -0.2) is 0 Å². The summed E-state index contributed by atoms with van der Waals surface area (Å²) in [6.07, 6.45) is 3.06. The lowest BCUT2D eigenvalue weighted by Crippen LogP contribution is -2.10. The van der Waals surface area contributed by atoms with Crippen LogP contribution in [0.1, 0.15) is 19.4 Å². The molecule has 0 heterocycles. The van der Waals surface area contributed by atoms with E-state index in [0.717, 1.165) is 5.56 Å². The number of ether oxygens (including phenoxy) is 1. The van der Waals surface area contributed by atoms with Gasteiger partial charge in [-0.05, 0) is 42.0 Å². The molecule has 27 heavy (non-hydrogen) atoms. The average molecular weight is 367 g/mol. The van der Waals surface area contributed by atoms with Gasteiger partial charge in [0.05, 0.1) is 12.8 Å². The Hall–Kier alpha value is -3.61. The maximum atomic E-state index is 12.1. The van der Waals surface area contributed by atoms with Gasteiger partial charge >= 0.3 is 0 Å². The number of hydrogen-bond donors (Lipinski definition) is 3. The molecule has 2 aromatic carbocycles. The quantitative estimate of drug-likeness (QED) is 0.683. The minimum Gasteiger partial charge on any atom is -0.495 e. The van der Waals surface area contributed by atoms with Crippen LogP contribution in [0.15, 0.2) is 48.5 Å². The molecule has 0 aliphatic heterocycles. The second-order valence-corrected chi connectivity index (χ2v) is 5.72. The van der Waals surface area contributed by atoms with Crippen LogP contribution >= 0.6 is 0 Å². The Kier molecular flexibility index (Phi) is 6.71. The Morgan fingerprint density at radius 3 is 2.07 bits per heavy atom. The zero-order valence-corrected chi connectivity index (χ0v) is 15.3. The molecule has 0 aromatic heterocycles. The molecule has 2 aromatic rings. The third-order valence-corrected chi connectivity index (χ3v) is 3.44. The van der Waals surface area contributed by atoms with Crippen molar-refractivity contribution in [1.29, 1.82) is 0 Å². The predicted octanol–water partition coefficient (Wildman–Crippen LogP) is 3.26. The predicted molar refractivity (Wildman–Crippen MR) is 106 cm³/mol. The molecule has 0 aliphatic carbocycles. The van der Waals surface area contributed by atoms with Crippen LogP contribution in [-0.2, 0) is 14.4 Å². The van der Waals surface area contributed by atoms with Crippen LogP contribution in [0.5, 0.6) is 5.75 Å². The Labute approximate surface area is 157 Å².